The molecule has 0 aliphatic carbocycles. The Labute approximate surface area is 101 Å². The minimum Gasteiger partial charge on any atom is -0.436 e. The molecular weight excluding hydrogens is 238 g/mol. The van der Waals surface area contributed by atoms with E-state index in [0.717, 1.165) is 18.2 Å². The number of nitrogen functional groups attached to an aromatic ring is 1. The molecule has 1 heterocycles. The van der Waals surface area contributed by atoms with E-state index in [1.54, 1.807) is 18.2 Å². The molecule has 18 heavy (non-hydrogen) atoms. The molecule has 0 aliphatic heterocycles. The number of oxazole rings is 1. The molecule has 3 nitrogen and oxygen atoms in total. The molecule has 2 aromatic carbocycles. The second-order valence-corrected chi connectivity index (χ2v) is 3.87. The van der Waals surface area contributed by atoms with Gasteiger partial charge in [-0.25, -0.2) is 13.8 Å². The summed E-state index contributed by atoms with van der Waals surface area (Å²) in [5.74, 6) is -1.10. The van der Waals surface area contributed by atoms with E-state index in [4.69, 9.17) is 10.2 Å². The number of anilines is 1. The molecule has 0 unspecified atom stereocenters. The number of rotatable bonds is 1. The van der Waals surface area contributed by atoms with Gasteiger partial charge in [0.1, 0.15) is 17.2 Å². The van der Waals surface area contributed by atoms with Crippen LogP contribution in [0, 0.1) is 11.6 Å². The predicted molar refractivity (Wildman–Crippen MR) is 63.8 cm³/mol. The van der Waals surface area contributed by atoms with E-state index in [2.05, 4.69) is 4.98 Å². The van der Waals surface area contributed by atoms with Crippen molar-refractivity contribution in [3.05, 3.63) is 48.0 Å². The molecule has 5 heteroatoms. The Bertz CT molecular complexity index is 737. The molecule has 0 saturated heterocycles. The fraction of sp³-hybridized carbons (Fsp3) is 0. The third-order valence-corrected chi connectivity index (χ3v) is 2.57. The predicted octanol–water partition coefficient (Wildman–Crippen LogP) is 3.36. The number of nitrogens with two attached hydrogens (primary N) is 1. The fourth-order valence-electron chi connectivity index (χ4n) is 1.72. The number of hydrogen-bond acceptors (Lipinski definition) is 3. The summed E-state index contributed by atoms with van der Waals surface area (Å²) >= 11 is 0. The highest BCUT2D eigenvalue weighted by atomic mass is 19.1. The van der Waals surface area contributed by atoms with Gasteiger partial charge in [0.15, 0.2) is 5.58 Å². The van der Waals surface area contributed by atoms with Crippen molar-refractivity contribution in [1.82, 2.24) is 4.98 Å². The lowest BCUT2D eigenvalue weighted by molar-refractivity contribution is 0.580. The van der Waals surface area contributed by atoms with Crippen molar-refractivity contribution >= 4 is 16.8 Å². The van der Waals surface area contributed by atoms with Crippen LogP contribution in [-0.2, 0) is 0 Å². The average Bonchev–Trinajstić information content (AvgIpc) is 2.74. The third kappa shape index (κ3) is 1.69. The van der Waals surface area contributed by atoms with E-state index in [9.17, 15) is 8.78 Å². The van der Waals surface area contributed by atoms with Gasteiger partial charge in [-0.2, -0.15) is 0 Å². The van der Waals surface area contributed by atoms with Gasteiger partial charge in [0, 0.05) is 11.8 Å². The summed E-state index contributed by atoms with van der Waals surface area (Å²) in [6.45, 7) is 0. The first kappa shape index (κ1) is 10.7. The number of nitrogens with zero attached hydrogens (tertiary/aromatic N) is 1. The highest BCUT2D eigenvalue weighted by Gasteiger charge is 2.13. The van der Waals surface area contributed by atoms with Crippen LogP contribution < -0.4 is 5.73 Å². The van der Waals surface area contributed by atoms with Crippen LogP contribution in [0.25, 0.3) is 22.6 Å². The standard InChI is InChI=1S/C13H8F2N2O/c14-7-1-3-10(15)9(5-7)13-17-11-4-2-8(16)6-12(11)18-13/h1-6H,16H2. The van der Waals surface area contributed by atoms with Crippen LogP contribution in [0.2, 0.25) is 0 Å². The molecule has 0 atom stereocenters. The van der Waals surface area contributed by atoms with Crippen molar-refractivity contribution in [3.63, 3.8) is 0 Å². The van der Waals surface area contributed by atoms with Gasteiger partial charge < -0.3 is 10.2 Å². The monoisotopic (exact) mass is 246 g/mol. The van der Waals surface area contributed by atoms with Gasteiger partial charge in [-0.1, -0.05) is 0 Å². The molecule has 0 spiro atoms. The Morgan fingerprint density at radius 2 is 1.89 bits per heavy atom. The lowest BCUT2D eigenvalue weighted by atomic mass is 10.2. The first-order chi connectivity index (χ1) is 8.63. The van der Waals surface area contributed by atoms with E-state index in [1.165, 1.54) is 0 Å². The highest BCUT2D eigenvalue weighted by molar-refractivity contribution is 5.79. The van der Waals surface area contributed by atoms with Crippen LogP contribution in [0.1, 0.15) is 0 Å². The number of benzene rings is 2. The molecule has 0 aliphatic rings. The number of halogens is 2. The normalized spacial score (nSPS) is 11.0. The van der Waals surface area contributed by atoms with E-state index >= 15 is 0 Å². The minimum absolute atomic E-state index is 0.00947. The fourth-order valence-corrected chi connectivity index (χ4v) is 1.72. The molecule has 0 fully saturated rings. The smallest absolute Gasteiger partial charge is 0.230 e. The summed E-state index contributed by atoms with van der Waals surface area (Å²) in [4.78, 5) is 4.10. The molecule has 3 rings (SSSR count). The first-order valence-electron chi connectivity index (χ1n) is 5.25. The molecule has 0 radical (unpaired) electrons. The molecule has 1 aromatic heterocycles. The van der Waals surface area contributed by atoms with Gasteiger partial charge in [0.25, 0.3) is 0 Å². The maximum atomic E-state index is 13.6. The molecule has 2 N–H and O–H groups in total. The summed E-state index contributed by atoms with van der Waals surface area (Å²) in [6, 6.07) is 8.03. The number of fused-ring (bicyclic) bond motifs is 1. The summed E-state index contributed by atoms with van der Waals surface area (Å²) in [6.07, 6.45) is 0. The van der Waals surface area contributed by atoms with Crippen molar-refractivity contribution in [1.29, 1.82) is 0 Å². The van der Waals surface area contributed by atoms with Crippen LogP contribution in [0.4, 0.5) is 14.5 Å². The van der Waals surface area contributed by atoms with Gasteiger partial charge in [0.2, 0.25) is 5.89 Å². The minimum atomic E-state index is -0.587. The van der Waals surface area contributed by atoms with E-state index in [0.29, 0.717) is 16.8 Å². The molecule has 0 amide bonds. The second kappa shape index (κ2) is 3.80. The van der Waals surface area contributed by atoms with Crippen molar-refractivity contribution < 1.29 is 13.2 Å². The Morgan fingerprint density at radius 1 is 1.06 bits per heavy atom. The molecule has 0 bridgehead atoms. The van der Waals surface area contributed by atoms with Crippen molar-refractivity contribution in [2.75, 3.05) is 5.73 Å². The van der Waals surface area contributed by atoms with Crippen molar-refractivity contribution in [2.45, 2.75) is 0 Å². The average molecular weight is 246 g/mol. The van der Waals surface area contributed by atoms with Gasteiger partial charge in [0.05, 0.1) is 5.56 Å². The first-order valence-corrected chi connectivity index (χ1v) is 5.25. The van der Waals surface area contributed by atoms with Crippen molar-refractivity contribution in [3.8, 4) is 11.5 Å². The highest BCUT2D eigenvalue weighted by Crippen LogP contribution is 2.27. The zero-order valence-electron chi connectivity index (χ0n) is 9.15. The third-order valence-electron chi connectivity index (χ3n) is 2.57. The van der Waals surface area contributed by atoms with Gasteiger partial charge in [-0.05, 0) is 30.3 Å². The number of hydrogen-bond donors (Lipinski definition) is 1. The van der Waals surface area contributed by atoms with Crippen LogP contribution in [0.3, 0.4) is 0 Å². The second-order valence-electron chi connectivity index (χ2n) is 3.87. The SMILES string of the molecule is Nc1ccc2nc(-c3cc(F)ccc3F)oc2c1. The Hall–Kier alpha value is -2.43. The summed E-state index contributed by atoms with van der Waals surface area (Å²) in [5, 5.41) is 0. The Balaban J connectivity index is 2.22. The van der Waals surface area contributed by atoms with Crippen LogP contribution in [-0.4, -0.2) is 4.98 Å². The van der Waals surface area contributed by atoms with Crippen LogP contribution in [0.15, 0.2) is 40.8 Å². The van der Waals surface area contributed by atoms with E-state index < -0.39 is 11.6 Å². The molecular formula is C13H8F2N2O. The lowest BCUT2D eigenvalue weighted by Gasteiger charge is -1.97. The van der Waals surface area contributed by atoms with Gasteiger partial charge >= 0.3 is 0 Å². The van der Waals surface area contributed by atoms with Gasteiger partial charge in [-0.3, -0.25) is 0 Å². The zero-order valence-corrected chi connectivity index (χ0v) is 9.15. The van der Waals surface area contributed by atoms with E-state index in [-0.39, 0.29) is 11.5 Å². The number of aromatic nitrogens is 1. The van der Waals surface area contributed by atoms with Gasteiger partial charge in [-0.15, -0.1) is 0 Å². The summed E-state index contributed by atoms with van der Waals surface area (Å²) in [7, 11) is 0. The maximum absolute atomic E-state index is 13.6. The topological polar surface area (TPSA) is 52.0 Å². The van der Waals surface area contributed by atoms with Crippen molar-refractivity contribution in [2.24, 2.45) is 0 Å². The Morgan fingerprint density at radius 3 is 2.72 bits per heavy atom. The van der Waals surface area contributed by atoms with Crippen LogP contribution in [0.5, 0.6) is 0 Å². The zero-order chi connectivity index (χ0) is 12.7. The quantitative estimate of drug-likeness (QED) is 0.670. The molecule has 0 saturated carbocycles. The lowest BCUT2D eigenvalue weighted by Crippen LogP contribution is -1.85. The largest absolute Gasteiger partial charge is 0.436 e. The maximum Gasteiger partial charge on any atom is 0.230 e. The molecule has 90 valence electrons. The summed E-state index contributed by atoms with van der Waals surface area (Å²) in [5.41, 5.74) is 7.10. The Kier molecular flexibility index (Phi) is 2.26. The van der Waals surface area contributed by atoms with Crippen LogP contribution >= 0.6 is 0 Å². The van der Waals surface area contributed by atoms with E-state index in [1.807, 2.05) is 0 Å². The summed E-state index contributed by atoms with van der Waals surface area (Å²) < 4.78 is 32.0. The molecule has 3 aromatic rings.